The quantitative estimate of drug-likeness (QED) is 0.426. The molecule has 3 rings (SSSR count). The number of anilines is 1. The van der Waals surface area contributed by atoms with Crippen molar-refractivity contribution in [2.24, 2.45) is 0 Å². The second kappa shape index (κ2) is 11.2. The molecule has 0 atom stereocenters. The van der Waals surface area contributed by atoms with Crippen LogP contribution in [0.2, 0.25) is 0 Å². The topological polar surface area (TPSA) is 112 Å². The molecule has 0 aliphatic rings. The number of carbonyl (C=O) groups is 3. The Kier molecular flexibility index (Phi) is 7.82. The summed E-state index contributed by atoms with van der Waals surface area (Å²) in [5.41, 5.74) is 1.98. The van der Waals surface area contributed by atoms with Gasteiger partial charge in [-0.05, 0) is 42.0 Å². The minimum Gasteiger partial charge on any atom is -0.467 e. The predicted molar refractivity (Wildman–Crippen MR) is 116 cm³/mol. The van der Waals surface area contributed by atoms with Crippen LogP contribution in [0.25, 0.3) is 0 Å². The van der Waals surface area contributed by atoms with Crippen molar-refractivity contribution < 1.29 is 18.8 Å². The highest BCUT2D eigenvalue weighted by molar-refractivity contribution is 5.94. The van der Waals surface area contributed by atoms with Gasteiger partial charge in [0.15, 0.2) is 0 Å². The van der Waals surface area contributed by atoms with Crippen molar-refractivity contribution in [3.63, 3.8) is 0 Å². The number of rotatable bonds is 9. The van der Waals surface area contributed by atoms with E-state index in [-0.39, 0.29) is 37.4 Å². The van der Waals surface area contributed by atoms with Gasteiger partial charge in [-0.15, -0.1) is 0 Å². The van der Waals surface area contributed by atoms with Crippen LogP contribution >= 0.6 is 0 Å². The number of amides is 4. The molecule has 3 aromatic rings. The van der Waals surface area contributed by atoms with Crippen LogP contribution in [0.1, 0.15) is 28.1 Å². The average Bonchev–Trinajstić information content (AvgIpc) is 3.31. The highest BCUT2D eigenvalue weighted by Crippen LogP contribution is 2.07. The molecule has 0 aliphatic heterocycles. The van der Waals surface area contributed by atoms with E-state index in [1.54, 1.807) is 48.7 Å². The SMILES string of the molecule is O=C(CCNC(=O)Nc1ccccc1)NCc1cccc(C(=O)NCc2ccco2)c1. The van der Waals surface area contributed by atoms with Crippen LogP contribution in [0.15, 0.2) is 77.4 Å². The van der Waals surface area contributed by atoms with Crippen LogP contribution in [0.4, 0.5) is 10.5 Å². The largest absolute Gasteiger partial charge is 0.467 e. The zero-order valence-corrected chi connectivity index (χ0v) is 16.9. The summed E-state index contributed by atoms with van der Waals surface area (Å²) in [6.45, 7) is 0.797. The molecule has 31 heavy (non-hydrogen) atoms. The predicted octanol–water partition coefficient (Wildman–Crippen LogP) is 3.04. The molecule has 2 aromatic carbocycles. The minimum absolute atomic E-state index is 0.144. The Hall–Kier alpha value is -4.07. The molecular weight excluding hydrogens is 396 g/mol. The third-order valence-electron chi connectivity index (χ3n) is 4.35. The van der Waals surface area contributed by atoms with E-state index < -0.39 is 0 Å². The van der Waals surface area contributed by atoms with Gasteiger partial charge in [0.1, 0.15) is 5.76 Å². The van der Waals surface area contributed by atoms with Crippen LogP contribution in [-0.4, -0.2) is 24.4 Å². The van der Waals surface area contributed by atoms with Crippen LogP contribution < -0.4 is 21.3 Å². The van der Waals surface area contributed by atoms with E-state index in [0.717, 1.165) is 5.56 Å². The lowest BCUT2D eigenvalue weighted by molar-refractivity contribution is -0.121. The van der Waals surface area contributed by atoms with Crippen molar-refractivity contribution in [1.29, 1.82) is 0 Å². The second-order valence-corrected chi connectivity index (χ2v) is 6.74. The molecule has 0 spiro atoms. The van der Waals surface area contributed by atoms with Gasteiger partial charge in [0.2, 0.25) is 5.91 Å². The molecule has 8 heteroatoms. The summed E-state index contributed by atoms with van der Waals surface area (Å²) in [5, 5.41) is 10.9. The molecule has 1 heterocycles. The number of urea groups is 1. The molecule has 4 amide bonds. The molecule has 0 aliphatic carbocycles. The van der Waals surface area contributed by atoms with Gasteiger partial charge >= 0.3 is 6.03 Å². The van der Waals surface area contributed by atoms with E-state index in [9.17, 15) is 14.4 Å². The monoisotopic (exact) mass is 420 g/mol. The van der Waals surface area contributed by atoms with Gasteiger partial charge in [-0.3, -0.25) is 9.59 Å². The molecule has 0 unspecified atom stereocenters. The van der Waals surface area contributed by atoms with Gasteiger partial charge in [-0.25, -0.2) is 4.79 Å². The molecule has 0 saturated heterocycles. The number of hydrogen-bond acceptors (Lipinski definition) is 4. The Bertz CT molecular complexity index is 1000. The van der Waals surface area contributed by atoms with E-state index in [0.29, 0.717) is 23.6 Å². The van der Waals surface area contributed by atoms with Crippen LogP contribution in [-0.2, 0) is 17.9 Å². The number of furan rings is 1. The summed E-state index contributed by atoms with van der Waals surface area (Å²) >= 11 is 0. The first-order valence-electron chi connectivity index (χ1n) is 9.86. The Morgan fingerprint density at radius 1 is 0.806 bits per heavy atom. The van der Waals surface area contributed by atoms with Crippen LogP contribution in [0, 0.1) is 0 Å². The van der Waals surface area contributed by atoms with E-state index in [1.807, 2.05) is 24.3 Å². The first-order valence-corrected chi connectivity index (χ1v) is 9.86. The molecule has 0 radical (unpaired) electrons. The number of para-hydroxylation sites is 1. The lowest BCUT2D eigenvalue weighted by Gasteiger charge is -2.09. The summed E-state index contributed by atoms with van der Waals surface area (Å²) in [5.74, 6) is 0.244. The molecule has 0 saturated carbocycles. The second-order valence-electron chi connectivity index (χ2n) is 6.74. The average molecular weight is 420 g/mol. The van der Waals surface area contributed by atoms with Crippen molar-refractivity contribution in [2.45, 2.75) is 19.5 Å². The fourth-order valence-corrected chi connectivity index (χ4v) is 2.78. The van der Waals surface area contributed by atoms with Crippen molar-refractivity contribution in [1.82, 2.24) is 16.0 Å². The molecular formula is C23H24N4O4. The van der Waals surface area contributed by atoms with Crippen LogP contribution in [0.3, 0.4) is 0 Å². The van der Waals surface area contributed by atoms with E-state index >= 15 is 0 Å². The maximum Gasteiger partial charge on any atom is 0.319 e. The smallest absolute Gasteiger partial charge is 0.319 e. The van der Waals surface area contributed by atoms with Gasteiger partial charge in [0.05, 0.1) is 12.8 Å². The lowest BCUT2D eigenvalue weighted by atomic mass is 10.1. The fourth-order valence-electron chi connectivity index (χ4n) is 2.78. The van der Waals surface area contributed by atoms with Crippen molar-refractivity contribution in [3.8, 4) is 0 Å². The van der Waals surface area contributed by atoms with Gasteiger partial charge in [0.25, 0.3) is 5.91 Å². The fraction of sp³-hybridized carbons (Fsp3) is 0.174. The maximum atomic E-state index is 12.3. The summed E-state index contributed by atoms with van der Waals surface area (Å²) in [6, 6.07) is 19.2. The zero-order chi connectivity index (χ0) is 21.9. The Morgan fingerprint density at radius 3 is 2.42 bits per heavy atom. The third-order valence-corrected chi connectivity index (χ3v) is 4.35. The van der Waals surface area contributed by atoms with Crippen molar-refractivity contribution in [3.05, 3.63) is 89.9 Å². The molecule has 8 nitrogen and oxygen atoms in total. The normalized spacial score (nSPS) is 10.2. The zero-order valence-electron chi connectivity index (χ0n) is 16.9. The minimum atomic E-state index is -0.368. The summed E-state index contributed by atoms with van der Waals surface area (Å²) in [7, 11) is 0. The molecule has 4 N–H and O–H groups in total. The summed E-state index contributed by atoms with van der Waals surface area (Å²) < 4.78 is 5.19. The van der Waals surface area contributed by atoms with Gasteiger partial charge in [0, 0.05) is 30.8 Å². The molecule has 1 aromatic heterocycles. The van der Waals surface area contributed by atoms with Crippen molar-refractivity contribution in [2.75, 3.05) is 11.9 Å². The Balaban J connectivity index is 1.37. The van der Waals surface area contributed by atoms with Crippen LogP contribution in [0.5, 0.6) is 0 Å². The molecule has 0 bridgehead atoms. The van der Waals surface area contributed by atoms with E-state index in [2.05, 4.69) is 21.3 Å². The highest BCUT2D eigenvalue weighted by Gasteiger charge is 2.08. The highest BCUT2D eigenvalue weighted by atomic mass is 16.3. The summed E-state index contributed by atoms with van der Waals surface area (Å²) in [4.78, 5) is 36.1. The molecule has 160 valence electrons. The number of nitrogens with one attached hydrogen (secondary N) is 4. The van der Waals surface area contributed by atoms with Gasteiger partial charge in [-0.1, -0.05) is 30.3 Å². The lowest BCUT2D eigenvalue weighted by Crippen LogP contribution is -2.33. The van der Waals surface area contributed by atoms with Crippen molar-refractivity contribution >= 4 is 23.5 Å². The summed E-state index contributed by atoms with van der Waals surface area (Å²) in [6.07, 6.45) is 1.70. The molecule has 0 fully saturated rings. The Morgan fingerprint density at radius 2 is 1.65 bits per heavy atom. The first-order chi connectivity index (χ1) is 15.1. The first kappa shape index (κ1) is 21.6. The number of benzene rings is 2. The van der Waals surface area contributed by atoms with E-state index in [1.165, 1.54) is 0 Å². The third kappa shape index (κ3) is 7.36. The Labute approximate surface area is 180 Å². The van der Waals surface area contributed by atoms with E-state index in [4.69, 9.17) is 4.42 Å². The maximum absolute atomic E-state index is 12.3. The van der Waals surface area contributed by atoms with Gasteiger partial charge in [-0.2, -0.15) is 0 Å². The number of hydrogen-bond donors (Lipinski definition) is 4. The standard InChI is InChI=1S/C23H24N4O4/c28-21(11-12-24-23(30)27-19-8-2-1-3-9-19)25-15-17-6-4-7-18(14-17)22(29)26-16-20-10-5-13-31-20/h1-10,13-14H,11-12,15-16H2,(H,25,28)(H,26,29)(H2,24,27,30). The van der Waals surface area contributed by atoms with Gasteiger partial charge < -0.3 is 25.7 Å². The number of carbonyl (C=O) groups excluding carboxylic acids is 3.